The molecule has 9 nitrogen and oxygen atoms in total. The summed E-state index contributed by atoms with van der Waals surface area (Å²) in [5.41, 5.74) is 2.35. The maximum absolute atomic E-state index is 12.9. The van der Waals surface area contributed by atoms with Crippen molar-refractivity contribution in [1.82, 2.24) is 10.3 Å². The number of carbonyl (C=O) groups is 2. The van der Waals surface area contributed by atoms with E-state index in [1.54, 1.807) is 61.8 Å². The van der Waals surface area contributed by atoms with Gasteiger partial charge in [-0.1, -0.05) is 6.07 Å². The molecular formula is C24H22N4O5. The maximum atomic E-state index is 12.9. The van der Waals surface area contributed by atoms with Gasteiger partial charge >= 0.3 is 5.97 Å². The van der Waals surface area contributed by atoms with E-state index in [9.17, 15) is 9.59 Å². The number of rotatable bonds is 6. The third-order valence-electron chi connectivity index (χ3n) is 4.67. The number of pyridine rings is 1. The van der Waals surface area contributed by atoms with Gasteiger partial charge in [-0.2, -0.15) is 0 Å². The highest BCUT2D eigenvalue weighted by Crippen LogP contribution is 2.32. The molecule has 0 aliphatic carbocycles. The van der Waals surface area contributed by atoms with Crippen molar-refractivity contribution < 1.29 is 23.8 Å². The molecule has 3 aromatic rings. The van der Waals surface area contributed by atoms with Crippen LogP contribution in [-0.2, 0) is 11.3 Å². The van der Waals surface area contributed by atoms with Gasteiger partial charge in [-0.3, -0.25) is 15.1 Å². The van der Waals surface area contributed by atoms with Crippen molar-refractivity contribution in [3.05, 3.63) is 83.7 Å². The van der Waals surface area contributed by atoms with Gasteiger partial charge < -0.3 is 19.5 Å². The quantitative estimate of drug-likeness (QED) is 0.339. The molecule has 0 bridgehead atoms. The zero-order chi connectivity index (χ0) is 23.0. The summed E-state index contributed by atoms with van der Waals surface area (Å²) in [7, 11) is 0. The van der Waals surface area contributed by atoms with Crippen LogP contribution < -0.4 is 20.1 Å². The van der Waals surface area contributed by atoms with Crippen molar-refractivity contribution in [1.29, 1.82) is 0 Å². The monoisotopic (exact) mass is 446 g/mol. The fourth-order valence-electron chi connectivity index (χ4n) is 3.03. The van der Waals surface area contributed by atoms with Crippen LogP contribution in [0.25, 0.3) is 0 Å². The lowest BCUT2D eigenvalue weighted by Gasteiger charge is -2.13. The molecule has 0 spiro atoms. The number of guanidine groups is 1. The summed E-state index contributed by atoms with van der Waals surface area (Å²) < 4.78 is 15.6. The fraction of sp³-hybridized carbons (Fsp3) is 0.167. The van der Waals surface area contributed by atoms with E-state index in [-0.39, 0.29) is 18.7 Å². The summed E-state index contributed by atoms with van der Waals surface area (Å²) in [6.45, 7) is 2.48. The number of benzene rings is 2. The molecule has 2 heterocycles. The molecule has 9 heteroatoms. The lowest BCUT2D eigenvalue weighted by atomic mass is 10.2. The largest absolute Gasteiger partial charge is 0.462 e. The van der Waals surface area contributed by atoms with E-state index in [0.29, 0.717) is 41.5 Å². The first-order valence-corrected chi connectivity index (χ1v) is 10.3. The Labute approximate surface area is 190 Å². The molecule has 33 heavy (non-hydrogen) atoms. The molecular weight excluding hydrogens is 424 g/mol. The molecule has 0 saturated heterocycles. The maximum Gasteiger partial charge on any atom is 0.338 e. The van der Waals surface area contributed by atoms with Crippen LogP contribution in [0.15, 0.2) is 72.0 Å². The molecule has 1 aliphatic rings. The molecule has 2 aromatic carbocycles. The van der Waals surface area contributed by atoms with Gasteiger partial charge in [0.1, 0.15) is 0 Å². The molecule has 4 rings (SSSR count). The number of carbonyl (C=O) groups excluding carboxylic acids is 2. The van der Waals surface area contributed by atoms with Gasteiger partial charge in [0.05, 0.1) is 18.7 Å². The first-order valence-electron chi connectivity index (χ1n) is 10.3. The lowest BCUT2D eigenvalue weighted by molar-refractivity contribution is 0.0526. The normalized spacial score (nSPS) is 12.2. The Hall–Kier alpha value is -4.40. The standard InChI is InChI=1S/C24H22N4O5/c1-2-31-23(30)17-5-8-19(9-6-17)27-24(26-14-16-4-3-11-25-13-16)28-22(29)18-7-10-20-21(12-18)33-15-32-20/h3-13H,2,14-15H2,1H3,(H2,26,27,28,29). The average Bonchev–Trinajstić information content (AvgIpc) is 3.32. The van der Waals surface area contributed by atoms with E-state index in [1.807, 2.05) is 12.1 Å². The predicted octanol–water partition coefficient (Wildman–Crippen LogP) is 3.39. The SMILES string of the molecule is CCOC(=O)c1ccc(NC(=NCc2cccnc2)NC(=O)c2ccc3c(c2)OCO3)cc1. The Morgan fingerprint density at radius 2 is 1.85 bits per heavy atom. The molecule has 0 radical (unpaired) electrons. The second-order valence-corrected chi connectivity index (χ2v) is 6.97. The van der Waals surface area contributed by atoms with Crippen molar-refractivity contribution in [3.63, 3.8) is 0 Å². The highest BCUT2D eigenvalue weighted by atomic mass is 16.7. The van der Waals surface area contributed by atoms with E-state index in [0.717, 1.165) is 5.56 Å². The highest BCUT2D eigenvalue weighted by Gasteiger charge is 2.17. The number of amides is 1. The first kappa shape index (κ1) is 21.8. The summed E-state index contributed by atoms with van der Waals surface area (Å²) in [6.07, 6.45) is 3.38. The minimum Gasteiger partial charge on any atom is -0.462 e. The van der Waals surface area contributed by atoms with Gasteiger partial charge in [-0.25, -0.2) is 9.79 Å². The van der Waals surface area contributed by atoms with Crippen molar-refractivity contribution in [2.75, 3.05) is 18.7 Å². The van der Waals surface area contributed by atoms with Crippen molar-refractivity contribution in [3.8, 4) is 11.5 Å². The van der Waals surface area contributed by atoms with Gasteiger partial charge in [0, 0.05) is 23.6 Å². The molecule has 0 unspecified atom stereocenters. The van der Waals surface area contributed by atoms with Gasteiger partial charge in [0.2, 0.25) is 12.8 Å². The molecule has 0 fully saturated rings. The topological polar surface area (TPSA) is 111 Å². The minimum absolute atomic E-state index is 0.127. The third-order valence-corrected chi connectivity index (χ3v) is 4.67. The Morgan fingerprint density at radius 3 is 2.61 bits per heavy atom. The number of anilines is 1. The summed E-state index contributed by atoms with van der Waals surface area (Å²) in [5.74, 6) is 0.584. The molecule has 1 aromatic heterocycles. The van der Waals surface area contributed by atoms with Crippen LogP contribution in [0.4, 0.5) is 5.69 Å². The molecule has 168 valence electrons. The van der Waals surface area contributed by atoms with Crippen molar-refractivity contribution in [2.45, 2.75) is 13.5 Å². The Morgan fingerprint density at radius 1 is 1.06 bits per heavy atom. The van der Waals surface area contributed by atoms with Gasteiger partial charge in [-0.05, 0) is 61.0 Å². The number of nitrogens with zero attached hydrogens (tertiary/aromatic N) is 2. The lowest BCUT2D eigenvalue weighted by Crippen LogP contribution is -2.36. The summed E-state index contributed by atoms with van der Waals surface area (Å²) in [5, 5.41) is 5.88. The second kappa shape index (κ2) is 10.3. The van der Waals surface area contributed by atoms with Crippen LogP contribution in [0.5, 0.6) is 11.5 Å². The second-order valence-electron chi connectivity index (χ2n) is 6.97. The predicted molar refractivity (Wildman–Crippen MR) is 121 cm³/mol. The van der Waals surface area contributed by atoms with E-state index >= 15 is 0 Å². The van der Waals surface area contributed by atoms with Crippen molar-refractivity contribution >= 4 is 23.5 Å². The average molecular weight is 446 g/mol. The van der Waals surface area contributed by atoms with Crippen LogP contribution in [-0.4, -0.2) is 36.2 Å². The minimum atomic E-state index is -0.398. The van der Waals surface area contributed by atoms with E-state index in [1.165, 1.54) is 0 Å². The molecule has 1 aliphatic heterocycles. The number of aromatic nitrogens is 1. The van der Waals surface area contributed by atoms with Crippen LogP contribution in [0.3, 0.4) is 0 Å². The van der Waals surface area contributed by atoms with E-state index < -0.39 is 5.97 Å². The summed E-state index contributed by atoms with van der Waals surface area (Å²) in [4.78, 5) is 33.3. The zero-order valence-corrected chi connectivity index (χ0v) is 17.9. The molecule has 1 amide bonds. The van der Waals surface area contributed by atoms with Gasteiger partial charge in [-0.15, -0.1) is 0 Å². The first-order chi connectivity index (χ1) is 16.1. The van der Waals surface area contributed by atoms with Crippen molar-refractivity contribution in [2.24, 2.45) is 4.99 Å². The highest BCUT2D eigenvalue weighted by molar-refractivity contribution is 6.10. The zero-order valence-electron chi connectivity index (χ0n) is 17.9. The van der Waals surface area contributed by atoms with E-state index in [2.05, 4.69) is 20.6 Å². The Bertz CT molecular complexity index is 1160. The van der Waals surface area contributed by atoms with Crippen LogP contribution in [0.2, 0.25) is 0 Å². The number of hydrogen-bond donors (Lipinski definition) is 2. The number of aliphatic imine (C=N–C) groups is 1. The molecule has 0 atom stereocenters. The number of ether oxygens (including phenoxy) is 3. The molecule has 2 N–H and O–H groups in total. The smallest absolute Gasteiger partial charge is 0.338 e. The third kappa shape index (κ3) is 5.65. The van der Waals surface area contributed by atoms with Gasteiger partial charge in [0.15, 0.2) is 11.5 Å². The van der Waals surface area contributed by atoms with Gasteiger partial charge in [0.25, 0.3) is 5.91 Å². The number of fused-ring (bicyclic) bond motifs is 1. The van der Waals surface area contributed by atoms with Crippen LogP contribution >= 0.6 is 0 Å². The van der Waals surface area contributed by atoms with Crippen LogP contribution in [0.1, 0.15) is 33.2 Å². The fourth-order valence-corrected chi connectivity index (χ4v) is 3.03. The van der Waals surface area contributed by atoms with E-state index in [4.69, 9.17) is 14.2 Å². The van der Waals surface area contributed by atoms with Crippen LogP contribution in [0, 0.1) is 0 Å². The summed E-state index contributed by atoms with van der Waals surface area (Å²) in [6, 6.07) is 15.3. The Kier molecular flexibility index (Phi) is 6.79. The number of esters is 1. The Balaban J connectivity index is 1.51. The number of nitrogens with one attached hydrogen (secondary N) is 2. The molecule has 0 saturated carbocycles. The number of hydrogen-bond acceptors (Lipinski definition) is 7. The summed E-state index contributed by atoms with van der Waals surface area (Å²) >= 11 is 0.